The van der Waals surface area contributed by atoms with Crippen molar-refractivity contribution in [2.24, 2.45) is 5.14 Å². The monoisotopic (exact) mass is 417 g/mol. The van der Waals surface area contributed by atoms with Crippen molar-refractivity contribution in [1.29, 1.82) is 5.41 Å². The van der Waals surface area contributed by atoms with E-state index in [9.17, 15) is 12.8 Å². The normalized spacial score (nSPS) is 15.4. The van der Waals surface area contributed by atoms with E-state index in [1.807, 2.05) is 0 Å². The lowest BCUT2D eigenvalue weighted by molar-refractivity contribution is 0.307. The number of hydrogen-bond donors (Lipinski definition) is 5. The predicted octanol–water partition coefficient (Wildman–Crippen LogP) is 1.43. The molecule has 27 heavy (non-hydrogen) atoms. The van der Waals surface area contributed by atoms with E-state index in [2.05, 4.69) is 30.3 Å². The molecule has 2 aromatic rings. The van der Waals surface area contributed by atoms with Crippen LogP contribution < -0.4 is 20.5 Å². The summed E-state index contributed by atoms with van der Waals surface area (Å²) in [6.45, 7) is 0.361. The van der Waals surface area contributed by atoms with E-state index in [4.69, 9.17) is 22.1 Å². The maximum atomic E-state index is 13.2. The fourth-order valence-electron chi connectivity index (χ4n) is 2.52. The third-order valence-electron chi connectivity index (χ3n) is 4.02. The van der Waals surface area contributed by atoms with E-state index in [1.54, 1.807) is 0 Å². The first-order valence-corrected chi connectivity index (χ1v) is 9.79. The molecule has 0 aliphatic heterocycles. The van der Waals surface area contributed by atoms with Crippen molar-refractivity contribution in [3.05, 3.63) is 34.7 Å². The number of nitrogens with two attached hydrogens (primary N) is 1. The third-order valence-corrected chi connectivity index (χ3v) is 5.03. The van der Waals surface area contributed by atoms with Gasteiger partial charge < -0.3 is 10.6 Å². The quantitative estimate of drug-likeness (QED) is 0.321. The Morgan fingerprint density at radius 3 is 2.78 bits per heavy atom. The van der Waals surface area contributed by atoms with Crippen molar-refractivity contribution in [2.75, 3.05) is 17.2 Å². The number of nitrogens with zero attached hydrogens (tertiary/aromatic N) is 2. The van der Waals surface area contributed by atoms with Gasteiger partial charge in [0, 0.05) is 17.8 Å². The smallest absolute Gasteiger partial charge is 0.274 e. The molecule has 0 radical (unpaired) electrons. The Morgan fingerprint density at radius 1 is 1.41 bits per heavy atom. The summed E-state index contributed by atoms with van der Waals surface area (Å²) in [5.74, 6) is -0.487. The fraction of sp³-hybridized carbons (Fsp3) is 0.357. The highest BCUT2D eigenvalue weighted by molar-refractivity contribution is 7.87. The first kappa shape index (κ1) is 19.5. The van der Waals surface area contributed by atoms with Gasteiger partial charge in [-0.05, 0) is 47.8 Å². The molecule has 1 fully saturated rings. The third kappa shape index (κ3) is 5.13. The topological polar surface area (TPSA) is 159 Å². The first-order chi connectivity index (χ1) is 12.7. The summed E-state index contributed by atoms with van der Waals surface area (Å²) < 4.78 is 42.7. The van der Waals surface area contributed by atoms with Crippen LogP contribution in [0.15, 0.2) is 22.8 Å². The van der Waals surface area contributed by atoms with Gasteiger partial charge in [-0.25, -0.2) is 14.2 Å². The molecule has 0 atom stereocenters. The Hall–Kier alpha value is -2.28. The average molecular weight is 418 g/mol. The lowest BCUT2D eigenvalue weighted by atomic mass is 10.2. The van der Waals surface area contributed by atoms with Gasteiger partial charge in [-0.15, -0.1) is 0 Å². The zero-order valence-electron chi connectivity index (χ0n) is 13.9. The number of aromatic nitrogens is 2. The van der Waals surface area contributed by atoms with Crippen molar-refractivity contribution in [1.82, 2.24) is 15.0 Å². The number of halogens is 2. The second kappa shape index (κ2) is 7.38. The molecule has 1 aromatic heterocycles. The first-order valence-electron chi connectivity index (χ1n) is 7.87. The molecule has 0 unspecified atom stereocenters. The number of rotatable bonds is 8. The molecule has 1 aromatic carbocycles. The van der Waals surface area contributed by atoms with Crippen LogP contribution in [-0.2, 0) is 10.2 Å². The number of anilines is 2. The molecule has 1 aliphatic carbocycles. The van der Waals surface area contributed by atoms with Gasteiger partial charge in [0.1, 0.15) is 5.82 Å². The van der Waals surface area contributed by atoms with Crippen molar-refractivity contribution in [3.63, 3.8) is 0 Å². The highest BCUT2D eigenvalue weighted by Crippen LogP contribution is 2.39. The molecule has 1 heterocycles. The number of amidine groups is 1. The minimum atomic E-state index is -3.77. The lowest BCUT2D eigenvalue weighted by Crippen LogP contribution is -2.42. The van der Waals surface area contributed by atoms with Gasteiger partial charge in [-0.2, -0.15) is 13.1 Å². The Labute approximate surface area is 159 Å². The van der Waals surface area contributed by atoms with Crippen molar-refractivity contribution in [3.8, 4) is 0 Å². The molecular formula is C14H17ClFN7O3S. The molecular weight excluding hydrogens is 401 g/mol. The fourth-order valence-corrected chi connectivity index (χ4v) is 3.61. The molecule has 0 saturated heterocycles. The minimum Gasteiger partial charge on any atom is -0.365 e. The SMILES string of the molecule is N=C(Nc1ccc(F)c(Cl)c1)c1nonc1NCCC1(NS(N)(=O)=O)CC1. The average Bonchev–Trinajstić information content (AvgIpc) is 3.14. The summed E-state index contributed by atoms with van der Waals surface area (Å²) in [7, 11) is -3.77. The van der Waals surface area contributed by atoms with Crippen LogP contribution in [-0.4, -0.2) is 36.7 Å². The van der Waals surface area contributed by atoms with Gasteiger partial charge in [0.05, 0.1) is 5.02 Å². The van der Waals surface area contributed by atoms with E-state index in [-0.39, 0.29) is 22.4 Å². The lowest BCUT2D eigenvalue weighted by Gasteiger charge is -2.15. The van der Waals surface area contributed by atoms with Crippen LogP contribution in [0, 0.1) is 11.2 Å². The largest absolute Gasteiger partial charge is 0.365 e. The van der Waals surface area contributed by atoms with Crippen LogP contribution in [0.25, 0.3) is 0 Å². The van der Waals surface area contributed by atoms with Crippen LogP contribution in [0.3, 0.4) is 0 Å². The Kier molecular flexibility index (Phi) is 5.33. The summed E-state index contributed by atoms with van der Waals surface area (Å²) in [5, 5.41) is 26.1. The van der Waals surface area contributed by atoms with Crippen molar-refractivity contribution < 1.29 is 17.4 Å². The van der Waals surface area contributed by atoms with Gasteiger partial charge in [0.2, 0.25) is 5.82 Å². The molecule has 146 valence electrons. The summed E-state index contributed by atoms with van der Waals surface area (Å²) in [5.41, 5.74) is -0.0384. The molecule has 0 bridgehead atoms. The second-order valence-electron chi connectivity index (χ2n) is 6.19. The minimum absolute atomic E-state index is 0.0819. The van der Waals surface area contributed by atoms with Gasteiger partial charge in [0.25, 0.3) is 10.2 Å². The zero-order valence-corrected chi connectivity index (χ0v) is 15.5. The Bertz CT molecular complexity index is 961. The van der Waals surface area contributed by atoms with E-state index in [0.29, 0.717) is 31.5 Å². The summed E-state index contributed by atoms with van der Waals surface area (Å²) >= 11 is 5.71. The maximum Gasteiger partial charge on any atom is 0.274 e. The predicted molar refractivity (Wildman–Crippen MR) is 97.5 cm³/mol. The molecule has 1 saturated carbocycles. The standard InChI is InChI=1S/C14H17ClFN7O3S/c15-9-7-8(1-2-10(9)16)20-12(17)11-13(22-26-21-11)19-6-5-14(3-4-14)23-27(18,24)25/h1-2,7,23H,3-6H2,(H2,17,20)(H,19,22)(H2,18,24,25). The number of hydrogen-bond acceptors (Lipinski definition) is 7. The molecule has 0 amide bonds. The highest BCUT2D eigenvalue weighted by Gasteiger charge is 2.44. The number of benzene rings is 1. The highest BCUT2D eigenvalue weighted by atomic mass is 35.5. The molecule has 3 rings (SSSR count). The van der Waals surface area contributed by atoms with Crippen LogP contribution >= 0.6 is 11.6 Å². The van der Waals surface area contributed by atoms with Crippen LogP contribution in [0.4, 0.5) is 15.9 Å². The van der Waals surface area contributed by atoms with Crippen molar-refractivity contribution >= 4 is 39.2 Å². The van der Waals surface area contributed by atoms with E-state index in [0.717, 1.165) is 0 Å². The van der Waals surface area contributed by atoms with Gasteiger partial charge in [-0.1, -0.05) is 11.6 Å². The summed E-state index contributed by atoms with van der Waals surface area (Å²) in [4.78, 5) is 0. The van der Waals surface area contributed by atoms with E-state index in [1.165, 1.54) is 18.2 Å². The van der Waals surface area contributed by atoms with E-state index >= 15 is 0 Å². The summed E-state index contributed by atoms with van der Waals surface area (Å²) in [6, 6.07) is 3.93. The molecule has 6 N–H and O–H groups in total. The van der Waals surface area contributed by atoms with E-state index < -0.39 is 21.6 Å². The van der Waals surface area contributed by atoms with Gasteiger partial charge in [0.15, 0.2) is 11.5 Å². The maximum absolute atomic E-state index is 13.2. The van der Waals surface area contributed by atoms with Gasteiger partial charge >= 0.3 is 0 Å². The molecule has 10 nitrogen and oxygen atoms in total. The number of nitrogens with one attached hydrogen (secondary N) is 4. The van der Waals surface area contributed by atoms with Crippen LogP contribution in [0.5, 0.6) is 0 Å². The molecule has 13 heteroatoms. The van der Waals surface area contributed by atoms with Crippen molar-refractivity contribution in [2.45, 2.75) is 24.8 Å². The van der Waals surface area contributed by atoms with Crippen LogP contribution in [0.1, 0.15) is 25.0 Å². The molecule has 0 spiro atoms. The second-order valence-corrected chi connectivity index (χ2v) is 7.90. The Morgan fingerprint density at radius 2 is 2.15 bits per heavy atom. The molecule has 1 aliphatic rings. The summed E-state index contributed by atoms with van der Waals surface area (Å²) in [6.07, 6.45) is 1.86. The van der Waals surface area contributed by atoms with Crippen LogP contribution in [0.2, 0.25) is 5.02 Å². The Balaban J connectivity index is 1.59. The van der Waals surface area contributed by atoms with Gasteiger partial charge in [-0.3, -0.25) is 5.41 Å². The zero-order chi connectivity index (χ0) is 19.7.